The van der Waals surface area contributed by atoms with Gasteiger partial charge in [-0.15, -0.1) is 0 Å². The molecule has 6 rings (SSSR count). The predicted molar refractivity (Wildman–Crippen MR) is 176 cm³/mol. The van der Waals surface area contributed by atoms with Gasteiger partial charge in [0.15, 0.2) is 22.0 Å². The largest absolute Gasteiger partial charge is 0.374 e. The SMILES string of the molecule is c1ccc(COC[C@H]2O[CH+][C@@H]([S+](c3ccccc3)c3ccccc3)[C@@H](OCc3ccccc3)[C@@H]2OCc2ccccc2)cc1. The molecule has 4 nitrogen and oxygen atoms in total. The van der Waals surface area contributed by atoms with Crippen LogP contribution in [-0.2, 0) is 49.7 Å². The third-order valence-electron chi connectivity index (χ3n) is 7.63. The fraction of sp³-hybridized carbons (Fsp3) is 0.205. The molecule has 5 heteroatoms. The molecular weight excluding hydrogens is 564 g/mol. The maximum absolute atomic E-state index is 6.92. The topological polar surface area (TPSA) is 36.9 Å². The molecule has 0 unspecified atom stereocenters. The second-order valence-electron chi connectivity index (χ2n) is 10.8. The molecule has 0 spiro atoms. The van der Waals surface area contributed by atoms with Crippen molar-refractivity contribution in [3.63, 3.8) is 0 Å². The summed E-state index contributed by atoms with van der Waals surface area (Å²) in [4.78, 5) is 2.47. The third kappa shape index (κ3) is 8.00. The molecular formula is C39H38O4S+2. The molecule has 5 aromatic carbocycles. The first-order valence-corrected chi connectivity index (χ1v) is 16.4. The Kier molecular flexibility index (Phi) is 10.8. The first-order valence-electron chi connectivity index (χ1n) is 15.1. The van der Waals surface area contributed by atoms with E-state index in [-0.39, 0.29) is 34.5 Å². The normalized spacial score (nSPS) is 19.8. The van der Waals surface area contributed by atoms with Gasteiger partial charge in [-0.3, -0.25) is 0 Å². The van der Waals surface area contributed by atoms with Crippen LogP contribution in [0, 0.1) is 6.61 Å². The van der Waals surface area contributed by atoms with Gasteiger partial charge < -0.3 is 14.2 Å². The molecule has 0 bridgehead atoms. The van der Waals surface area contributed by atoms with Crippen LogP contribution in [0.5, 0.6) is 0 Å². The van der Waals surface area contributed by atoms with Crippen molar-refractivity contribution in [3.8, 4) is 0 Å². The van der Waals surface area contributed by atoms with Gasteiger partial charge in [0.05, 0.1) is 26.4 Å². The van der Waals surface area contributed by atoms with Crippen LogP contribution in [0.2, 0.25) is 0 Å². The second-order valence-corrected chi connectivity index (χ2v) is 12.9. The van der Waals surface area contributed by atoms with E-state index in [0.717, 1.165) is 16.7 Å². The fourth-order valence-electron chi connectivity index (χ4n) is 5.43. The third-order valence-corrected chi connectivity index (χ3v) is 10.1. The van der Waals surface area contributed by atoms with E-state index in [0.29, 0.717) is 26.4 Å². The average molecular weight is 603 g/mol. The molecule has 0 N–H and O–H groups in total. The molecule has 5 aromatic rings. The number of rotatable bonds is 13. The van der Waals surface area contributed by atoms with Gasteiger partial charge in [0.1, 0.15) is 17.0 Å². The molecule has 222 valence electrons. The first-order chi connectivity index (χ1) is 21.8. The van der Waals surface area contributed by atoms with E-state index in [9.17, 15) is 0 Å². The molecule has 0 radical (unpaired) electrons. The Morgan fingerprint density at radius 2 is 0.909 bits per heavy atom. The van der Waals surface area contributed by atoms with Gasteiger partial charge in [0, 0.05) is 0 Å². The summed E-state index contributed by atoms with van der Waals surface area (Å²) in [5.74, 6) is 0. The lowest BCUT2D eigenvalue weighted by atomic mass is 10.0. The summed E-state index contributed by atoms with van der Waals surface area (Å²) in [6.45, 7) is 3.81. The van der Waals surface area contributed by atoms with Crippen LogP contribution >= 0.6 is 0 Å². The van der Waals surface area contributed by atoms with Crippen molar-refractivity contribution in [1.29, 1.82) is 0 Å². The summed E-state index contributed by atoms with van der Waals surface area (Å²) in [6, 6.07) is 52.2. The van der Waals surface area contributed by atoms with Crippen LogP contribution in [0.1, 0.15) is 16.7 Å². The molecule has 44 heavy (non-hydrogen) atoms. The maximum atomic E-state index is 6.92. The van der Waals surface area contributed by atoms with E-state index in [2.05, 4.69) is 97.1 Å². The van der Waals surface area contributed by atoms with Gasteiger partial charge in [-0.2, -0.15) is 4.74 Å². The van der Waals surface area contributed by atoms with Crippen molar-refractivity contribution in [1.82, 2.24) is 0 Å². The monoisotopic (exact) mass is 602 g/mol. The zero-order valence-electron chi connectivity index (χ0n) is 24.7. The minimum atomic E-state index is -0.371. The van der Waals surface area contributed by atoms with Crippen LogP contribution in [-0.4, -0.2) is 30.2 Å². The Labute approximate surface area is 263 Å². The highest BCUT2D eigenvalue weighted by Crippen LogP contribution is 2.38. The van der Waals surface area contributed by atoms with E-state index in [1.54, 1.807) is 0 Å². The summed E-state index contributed by atoms with van der Waals surface area (Å²) in [7, 11) is -0.371. The van der Waals surface area contributed by atoms with Gasteiger partial charge in [-0.25, -0.2) is 0 Å². The van der Waals surface area contributed by atoms with E-state index in [1.165, 1.54) is 9.79 Å². The summed E-state index contributed by atoms with van der Waals surface area (Å²) in [5, 5.41) is -0.0883. The summed E-state index contributed by atoms with van der Waals surface area (Å²) in [6.07, 6.45) is -0.995. The van der Waals surface area contributed by atoms with Crippen molar-refractivity contribution in [3.05, 3.63) is 175 Å². The molecule has 0 amide bonds. The number of hydrogen-bond acceptors (Lipinski definition) is 4. The molecule has 1 heterocycles. The van der Waals surface area contributed by atoms with Crippen LogP contribution in [0.25, 0.3) is 0 Å². The molecule has 4 atom stereocenters. The van der Waals surface area contributed by atoms with Gasteiger partial charge in [-0.1, -0.05) is 127 Å². The van der Waals surface area contributed by atoms with Gasteiger partial charge in [-0.05, 0) is 41.0 Å². The van der Waals surface area contributed by atoms with Gasteiger partial charge in [0.25, 0.3) is 6.61 Å². The smallest absolute Gasteiger partial charge is 0.317 e. The molecule has 0 aliphatic carbocycles. The summed E-state index contributed by atoms with van der Waals surface area (Å²) >= 11 is 0. The summed E-state index contributed by atoms with van der Waals surface area (Å²) < 4.78 is 26.5. The van der Waals surface area contributed by atoms with E-state index in [4.69, 9.17) is 18.9 Å². The number of hydrogen-bond donors (Lipinski definition) is 0. The maximum Gasteiger partial charge on any atom is 0.317 e. The molecule has 1 aliphatic rings. The highest BCUT2D eigenvalue weighted by molar-refractivity contribution is 7.97. The van der Waals surface area contributed by atoms with Crippen LogP contribution in [0.4, 0.5) is 0 Å². The van der Waals surface area contributed by atoms with Gasteiger partial charge in [0.2, 0.25) is 0 Å². The van der Waals surface area contributed by atoms with Crippen molar-refractivity contribution in [2.75, 3.05) is 6.61 Å². The van der Waals surface area contributed by atoms with Gasteiger partial charge >= 0.3 is 5.25 Å². The quantitative estimate of drug-likeness (QED) is 0.101. The van der Waals surface area contributed by atoms with Crippen molar-refractivity contribution in [2.45, 2.75) is 53.2 Å². The Morgan fingerprint density at radius 3 is 1.39 bits per heavy atom. The van der Waals surface area contributed by atoms with Crippen LogP contribution in [0.3, 0.4) is 0 Å². The average Bonchev–Trinajstić information content (AvgIpc) is 3.10. The Bertz CT molecular complexity index is 1460. The number of benzene rings is 5. The standard InChI is InChI=1S/C39H38O4S/c1-6-16-31(17-7-1)26-40-29-36-38(42-27-32-18-8-2-9-19-32)39(43-28-33-20-10-3-11-21-33)37(30-41-36)44(34-22-12-4-13-23-34)35-24-14-5-15-25-35/h1-25,30,36-39H,26-29H2/q+2/t36-,37-,38-,39-/m1/s1. The molecule has 1 fully saturated rings. The summed E-state index contributed by atoms with van der Waals surface area (Å²) in [5.41, 5.74) is 3.35. The van der Waals surface area contributed by atoms with Crippen LogP contribution < -0.4 is 0 Å². The Morgan fingerprint density at radius 1 is 0.500 bits per heavy atom. The van der Waals surface area contributed by atoms with Crippen molar-refractivity contribution < 1.29 is 18.9 Å². The van der Waals surface area contributed by atoms with E-state index < -0.39 is 0 Å². The fourth-order valence-corrected chi connectivity index (χ4v) is 7.91. The molecule has 0 aromatic heterocycles. The molecule has 0 saturated carbocycles. The lowest BCUT2D eigenvalue weighted by Crippen LogP contribution is -2.57. The zero-order chi connectivity index (χ0) is 29.8. The minimum Gasteiger partial charge on any atom is -0.374 e. The predicted octanol–water partition coefficient (Wildman–Crippen LogP) is 8.04. The van der Waals surface area contributed by atoms with E-state index >= 15 is 0 Å². The zero-order valence-corrected chi connectivity index (χ0v) is 25.5. The lowest BCUT2D eigenvalue weighted by molar-refractivity contribution is -0.179. The minimum absolute atomic E-state index is 0.0883. The highest BCUT2D eigenvalue weighted by Gasteiger charge is 2.58. The first kappa shape index (κ1) is 30.2. The van der Waals surface area contributed by atoms with Crippen molar-refractivity contribution >= 4 is 10.9 Å². The Balaban J connectivity index is 1.33. The molecule has 1 aliphatic heterocycles. The van der Waals surface area contributed by atoms with Crippen molar-refractivity contribution in [2.24, 2.45) is 0 Å². The lowest BCUT2D eigenvalue weighted by Gasteiger charge is -2.35. The number of ether oxygens (including phenoxy) is 4. The highest BCUT2D eigenvalue weighted by atomic mass is 32.2. The van der Waals surface area contributed by atoms with Crippen LogP contribution in [0.15, 0.2) is 161 Å². The molecule has 1 saturated heterocycles. The van der Waals surface area contributed by atoms with E-state index in [1.807, 2.05) is 61.2 Å². The second kappa shape index (κ2) is 15.8. The Hall–Kier alpha value is -3.84.